The second-order valence-corrected chi connectivity index (χ2v) is 6.67. The molecule has 0 amide bonds. The molecule has 26 heavy (non-hydrogen) atoms. The van der Waals surface area contributed by atoms with E-state index in [-0.39, 0.29) is 17.2 Å². The highest BCUT2D eigenvalue weighted by molar-refractivity contribution is 7.84. The van der Waals surface area contributed by atoms with Gasteiger partial charge in [0.25, 0.3) is 0 Å². The van der Waals surface area contributed by atoms with Gasteiger partial charge in [0.05, 0.1) is 12.0 Å². The number of rotatable bonds is 4. The third kappa shape index (κ3) is 3.33. The minimum absolute atomic E-state index is 0.140. The van der Waals surface area contributed by atoms with Crippen molar-refractivity contribution in [3.63, 3.8) is 0 Å². The van der Waals surface area contributed by atoms with E-state index < -0.39 is 41.5 Å². The molecule has 4 atom stereocenters. The summed E-state index contributed by atoms with van der Waals surface area (Å²) >= 11 is 0. The molecule has 0 radical (unpaired) electrons. The number of anilines is 1. The van der Waals surface area contributed by atoms with Crippen molar-refractivity contribution in [1.29, 1.82) is 0 Å². The SMILES string of the molecule is CC#Cc1nn([C@@H]2O[C@H](COS(N)(=O)=O)[C@@H](O)[C@H]2O)c2ncnc(N)c12. The van der Waals surface area contributed by atoms with Crippen molar-refractivity contribution >= 4 is 27.2 Å². The number of aliphatic hydroxyl groups excluding tert-OH is 2. The van der Waals surface area contributed by atoms with Gasteiger partial charge in [-0.25, -0.2) is 19.8 Å². The monoisotopic (exact) mass is 384 g/mol. The topological polar surface area (TPSA) is 189 Å². The smallest absolute Gasteiger partial charge is 0.333 e. The van der Waals surface area contributed by atoms with Crippen molar-refractivity contribution in [2.24, 2.45) is 5.14 Å². The van der Waals surface area contributed by atoms with Crippen LogP contribution < -0.4 is 10.9 Å². The summed E-state index contributed by atoms with van der Waals surface area (Å²) in [6, 6.07) is 0. The van der Waals surface area contributed by atoms with Crippen molar-refractivity contribution in [3.05, 3.63) is 12.0 Å². The van der Waals surface area contributed by atoms with Crippen molar-refractivity contribution < 1.29 is 27.6 Å². The Labute approximate surface area is 148 Å². The zero-order valence-electron chi connectivity index (χ0n) is 13.5. The highest BCUT2D eigenvalue weighted by atomic mass is 32.2. The molecule has 140 valence electrons. The Morgan fingerprint density at radius 2 is 2.12 bits per heavy atom. The predicted octanol–water partition coefficient (Wildman–Crippen LogP) is -2.38. The van der Waals surface area contributed by atoms with Gasteiger partial charge in [-0.05, 0) is 12.8 Å². The molecule has 0 saturated carbocycles. The molecule has 1 saturated heterocycles. The molecule has 0 bridgehead atoms. The fraction of sp³-hybridized carbons (Fsp3) is 0.462. The van der Waals surface area contributed by atoms with Crippen LogP contribution in [0, 0.1) is 11.8 Å². The van der Waals surface area contributed by atoms with Gasteiger partial charge >= 0.3 is 10.3 Å². The number of hydrogen-bond acceptors (Lipinski definition) is 10. The first kappa shape index (κ1) is 18.5. The molecule has 1 fully saturated rings. The van der Waals surface area contributed by atoms with Gasteiger partial charge in [0.2, 0.25) is 0 Å². The molecule has 3 rings (SSSR count). The Hall–Kier alpha value is -2.34. The number of nitrogen functional groups attached to an aromatic ring is 1. The lowest BCUT2D eigenvalue weighted by Crippen LogP contribution is -2.35. The average Bonchev–Trinajstić information content (AvgIpc) is 3.06. The molecule has 6 N–H and O–H groups in total. The van der Waals surface area contributed by atoms with E-state index in [0.717, 1.165) is 0 Å². The zero-order valence-corrected chi connectivity index (χ0v) is 14.3. The molecule has 0 aromatic carbocycles. The second-order valence-electron chi connectivity index (χ2n) is 5.45. The van der Waals surface area contributed by atoms with Crippen LogP contribution in [0.15, 0.2) is 6.33 Å². The van der Waals surface area contributed by atoms with Gasteiger partial charge in [0, 0.05) is 0 Å². The van der Waals surface area contributed by atoms with Gasteiger partial charge < -0.3 is 20.7 Å². The molecule has 2 aromatic heterocycles. The highest BCUT2D eigenvalue weighted by Gasteiger charge is 2.45. The lowest BCUT2D eigenvalue weighted by atomic mass is 10.1. The zero-order chi connectivity index (χ0) is 19.1. The molecule has 3 heterocycles. The van der Waals surface area contributed by atoms with E-state index in [0.29, 0.717) is 5.39 Å². The summed E-state index contributed by atoms with van der Waals surface area (Å²) in [6.45, 7) is 1.03. The summed E-state index contributed by atoms with van der Waals surface area (Å²) in [5.74, 6) is 5.58. The summed E-state index contributed by atoms with van der Waals surface area (Å²) < 4.78 is 33.0. The molecule has 2 aromatic rings. The van der Waals surface area contributed by atoms with Crippen molar-refractivity contribution in [2.75, 3.05) is 12.3 Å². The number of ether oxygens (including phenoxy) is 1. The molecular formula is C13H16N6O6S. The molecular weight excluding hydrogens is 368 g/mol. The lowest BCUT2D eigenvalue weighted by molar-refractivity contribution is -0.0527. The maximum absolute atomic E-state index is 10.9. The summed E-state index contributed by atoms with van der Waals surface area (Å²) in [7, 11) is -4.23. The van der Waals surface area contributed by atoms with Crippen LogP contribution in [-0.4, -0.2) is 63.3 Å². The van der Waals surface area contributed by atoms with Gasteiger partial charge in [-0.2, -0.15) is 13.5 Å². The summed E-state index contributed by atoms with van der Waals surface area (Å²) in [5, 5.41) is 29.8. The summed E-state index contributed by atoms with van der Waals surface area (Å²) in [6.07, 6.45) is -4.01. The average molecular weight is 384 g/mol. The van der Waals surface area contributed by atoms with Crippen LogP contribution in [0.25, 0.3) is 11.0 Å². The third-order valence-electron chi connectivity index (χ3n) is 3.74. The molecule has 0 spiro atoms. The van der Waals surface area contributed by atoms with Crippen molar-refractivity contribution in [1.82, 2.24) is 19.7 Å². The molecule has 0 unspecified atom stereocenters. The van der Waals surface area contributed by atoms with Gasteiger partial charge in [-0.3, -0.25) is 4.18 Å². The fourth-order valence-corrected chi connectivity index (χ4v) is 2.93. The van der Waals surface area contributed by atoms with E-state index >= 15 is 0 Å². The Kier molecular flexibility index (Phi) is 4.80. The highest BCUT2D eigenvalue weighted by Crippen LogP contribution is 2.33. The largest absolute Gasteiger partial charge is 0.387 e. The van der Waals surface area contributed by atoms with Gasteiger partial charge in [-0.1, -0.05) is 5.92 Å². The van der Waals surface area contributed by atoms with Crippen LogP contribution in [0.4, 0.5) is 5.82 Å². The van der Waals surface area contributed by atoms with Crippen LogP contribution in [-0.2, 0) is 19.2 Å². The van der Waals surface area contributed by atoms with Crippen LogP contribution in [0.5, 0.6) is 0 Å². The minimum atomic E-state index is -4.23. The quantitative estimate of drug-likeness (QED) is 0.414. The Morgan fingerprint density at radius 3 is 2.77 bits per heavy atom. The van der Waals surface area contributed by atoms with Crippen LogP contribution in [0.2, 0.25) is 0 Å². The van der Waals surface area contributed by atoms with E-state index in [1.54, 1.807) is 6.92 Å². The molecule has 1 aliphatic heterocycles. The Balaban J connectivity index is 1.98. The number of hydrogen-bond donors (Lipinski definition) is 4. The first-order valence-electron chi connectivity index (χ1n) is 7.33. The number of aromatic nitrogens is 4. The van der Waals surface area contributed by atoms with E-state index in [4.69, 9.17) is 15.6 Å². The van der Waals surface area contributed by atoms with Gasteiger partial charge in [-0.15, -0.1) is 0 Å². The first-order valence-corrected chi connectivity index (χ1v) is 8.80. The number of nitrogens with zero attached hydrogens (tertiary/aromatic N) is 4. The fourth-order valence-electron chi connectivity index (χ4n) is 2.61. The normalized spacial score (nSPS) is 26.0. The van der Waals surface area contributed by atoms with E-state index in [1.807, 2.05) is 0 Å². The number of aliphatic hydroxyl groups is 2. The third-order valence-corrected chi connectivity index (χ3v) is 4.20. The van der Waals surface area contributed by atoms with E-state index in [1.165, 1.54) is 11.0 Å². The Bertz CT molecular complexity index is 996. The standard InChI is InChI=1S/C13H16N6O6S/c1-2-3-6-8-11(14)16-5-17-12(8)19(18-6)13-10(21)9(20)7(25-13)4-24-26(15,22)23/h5,7,9-10,13,20-21H,4H2,1H3,(H2,14,16,17)(H2,15,22,23)/t7-,9-,10-,13-/m1/s1. The predicted molar refractivity (Wildman–Crippen MR) is 87.3 cm³/mol. The minimum Gasteiger partial charge on any atom is -0.387 e. The lowest BCUT2D eigenvalue weighted by Gasteiger charge is -2.15. The van der Waals surface area contributed by atoms with Crippen molar-refractivity contribution in [2.45, 2.75) is 31.5 Å². The molecule has 13 heteroatoms. The summed E-state index contributed by atoms with van der Waals surface area (Å²) in [5.41, 5.74) is 6.37. The van der Waals surface area contributed by atoms with Crippen molar-refractivity contribution in [3.8, 4) is 11.8 Å². The van der Waals surface area contributed by atoms with Crippen LogP contribution >= 0.6 is 0 Å². The maximum atomic E-state index is 10.9. The van der Waals surface area contributed by atoms with E-state index in [9.17, 15) is 18.6 Å². The van der Waals surface area contributed by atoms with Crippen LogP contribution in [0.1, 0.15) is 18.8 Å². The van der Waals surface area contributed by atoms with Crippen LogP contribution in [0.3, 0.4) is 0 Å². The first-order chi connectivity index (χ1) is 12.2. The number of fused-ring (bicyclic) bond motifs is 1. The molecule has 12 nitrogen and oxygen atoms in total. The summed E-state index contributed by atoms with van der Waals surface area (Å²) in [4.78, 5) is 7.97. The number of nitrogens with two attached hydrogens (primary N) is 2. The molecule has 1 aliphatic rings. The van der Waals surface area contributed by atoms with Gasteiger partial charge in [0.1, 0.15) is 36.2 Å². The Morgan fingerprint density at radius 1 is 1.38 bits per heavy atom. The van der Waals surface area contributed by atoms with E-state index in [2.05, 4.69) is 31.1 Å². The second kappa shape index (κ2) is 6.76. The van der Waals surface area contributed by atoms with Gasteiger partial charge in [0.15, 0.2) is 11.9 Å². The molecule has 0 aliphatic carbocycles. The maximum Gasteiger partial charge on any atom is 0.333 e.